The lowest BCUT2D eigenvalue weighted by molar-refractivity contribution is -0.126. The molecule has 0 atom stereocenters. The van der Waals surface area contributed by atoms with Gasteiger partial charge in [0.15, 0.2) is 0 Å². The molecule has 136 valence electrons. The van der Waals surface area contributed by atoms with E-state index in [1.807, 2.05) is 0 Å². The second kappa shape index (κ2) is 11.1. The van der Waals surface area contributed by atoms with Gasteiger partial charge in [-0.15, -0.1) is 0 Å². The Balaban J connectivity index is 2.43. The lowest BCUT2D eigenvalue weighted by atomic mass is 10.2. The highest BCUT2D eigenvalue weighted by Gasteiger charge is 2.13. The van der Waals surface area contributed by atoms with E-state index >= 15 is 0 Å². The SMILES string of the molecule is COCCNS(=O)(=O)c1ccc(CNC(=O)COCCOC)cc1. The molecule has 1 amide bonds. The van der Waals surface area contributed by atoms with Crippen molar-refractivity contribution in [3.8, 4) is 0 Å². The summed E-state index contributed by atoms with van der Waals surface area (Å²) in [7, 11) is -0.491. The normalized spacial score (nSPS) is 11.4. The summed E-state index contributed by atoms with van der Waals surface area (Å²) < 4.78 is 41.1. The van der Waals surface area contributed by atoms with Crippen molar-refractivity contribution >= 4 is 15.9 Å². The largest absolute Gasteiger partial charge is 0.383 e. The number of benzene rings is 1. The monoisotopic (exact) mass is 360 g/mol. The zero-order valence-corrected chi connectivity index (χ0v) is 14.7. The number of carbonyl (C=O) groups excluding carboxylic acids is 1. The summed E-state index contributed by atoms with van der Waals surface area (Å²) >= 11 is 0. The Morgan fingerprint density at radius 1 is 1.04 bits per heavy atom. The minimum Gasteiger partial charge on any atom is -0.383 e. The van der Waals surface area contributed by atoms with Gasteiger partial charge in [-0.1, -0.05) is 12.1 Å². The summed E-state index contributed by atoms with van der Waals surface area (Å²) in [4.78, 5) is 11.7. The highest BCUT2D eigenvalue weighted by Crippen LogP contribution is 2.10. The molecule has 0 heterocycles. The van der Waals surface area contributed by atoms with Crippen molar-refractivity contribution in [1.82, 2.24) is 10.0 Å². The van der Waals surface area contributed by atoms with Crippen molar-refractivity contribution in [2.45, 2.75) is 11.4 Å². The zero-order valence-electron chi connectivity index (χ0n) is 13.9. The fourth-order valence-corrected chi connectivity index (χ4v) is 2.72. The third-order valence-corrected chi connectivity index (χ3v) is 4.46. The van der Waals surface area contributed by atoms with Crippen molar-refractivity contribution in [3.63, 3.8) is 0 Å². The van der Waals surface area contributed by atoms with Crippen LogP contribution < -0.4 is 10.0 Å². The van der Waals surface area contributed by atoms with Crippen molar-refractivity contribution in [1.29, 1.82) is 0 Å². The molecule has 0 aliphatic rings. The minimum absolute atomic E-state index is 0.0424. The highest BCUT2D eigenvalue weighted by atomic mass is 32.2. The molecule has 24 heavy (non-hydrogen) atoms. The van der Waals surface area contributed by atoms with Crippen LogP contribution in [0.15, 0.2) is 29.2 Å². The van der Waals surface area contributed by atoms with Gasteiger partial charge < -0.3 is 19.5 Å². The summed E-state index contributed by atoms with van der Waals surface area (Å²) in [5.41, 5.74) is 0.788. The minimum atomic E-state index is -3.55. The summed E-state index contributed by atoms with van der Waals surface area (Å²) in [6.07, 6.45) is 0. The lowest BCUT2D eigenvalue weighted by Gasteiger charge is -2.08. The smallest absolute Gasteiger partial charge is 0.246 e. The lowest BCUT2D eigenvalue weighted by Crippen LogP contribution is -2.28. The van der Waals surface area contributed by atoms with Gasteiger partial charge >= 0.3 is 0 Å². The second-order valence-electron chi connectivity index (χ2n) is 4.86. The number of hydrogen-bond acceptors (Lipinski definition) is 6. The van der Waals surface area contributed by atoms with Crippen molar-refractivity contribution in [3.05, 3.63) is 29.8 Å². The van der Waals surface area contributed by atoms with Crippen LogP contribution in [0.1, 0.15) is 5.56 Å². The molecule has 8 nitrogen and oxygen atoms in total. The Labute approximate surface area is 142 Å². The van der Waals surface area contributed by atoms with Crippen molar-refractivity contribution in [2.24, 2.45) is 0 Å². The molecule has 1 aromatic carbocycles. The van der Waals surface area contributed by atoms with Crippen molar-refractivity contribution in [2.75, 3.05) is 47.2 Å². The maximum atomic E-state index is 12.0. The molecule has 0 unspecified atom stereocenters. The van der Waals surface area contributed by atoms with Gasteiger partial charge in [-0.25, -0.2) is 13.1 Å². The van der Waals surface area contributed by atoms with Crippen LogP contribution in [-0.4, -0.2) is 61.5 Å². The first-order valence-corrected chi connectivity index (χ1v) is 8.89. The van der Waals surface area contributed by atoms with E-state index in [0.717, 1.165) is 5.56 Å². The number of sulfonamides is 1. The molecule has 1 rings (SSSR count). The first-order valence-electron chi connectivity index (χ1n) is 7.40. The second-order valence-corrected chi connectivity index (χ2v) is 6.62. The Morgan fingerprint density at radius 2 is 1.71 bits per heavy atom. The Kier molecular flexibility index (Phi) is 9.50. The number of carbonyl (C=O) groups is 1. The van der Waals surface area contributed by atoms with E-state index in [4.69, 9.17) is 14.2 Å². The maximum Gasteiger partial charge on any atom is 0.246 e. The summed E-state index contributed by atoms with van der Waals surface area (Å²) in [6.45, 7) is 1.55. The summed E-state index contributed by atoms with van der Waals surface area (Å²) in [5, 5.41) is 2.69. The first kappa shape index (κ1) is 20.5. The van der Waals surface area contributed by atoms with E-state index in [1.165, 1.54) is 19.2 Å². The molecule has 0 aromatic heterocycles. The van der Waals surface area contributed by atoms with Crippen LogP contribution in [0.4, 0.5) is 0 Å². The van der Waals surface area contributed by atoms with Gasteiger partial charge in [-0.05, 0) is 17.7 Å². The molecular weight excluding hydrogens is 336 g/mol. The number of ether oxygens (including phenoxy) is 3. The number of amides is 1. The van der Waals surface area contributed by atoms with Crippen LogP contribution >= 0.6 is 0 Å². The molecule has 0 radical (unpaired) electrons. The molecule has 0 spiro atoms. The molecule has 1 aromatic rings. The van der Waals surface area contributed by atoms with E-state index in [1.54, 1.807) is 19.2 Å². The maximum absolute atomic E-state index is 12.0. The van der Waals surface area contributed by atoms with Crippen LogP contribution in [0.2, 0.25) is 0 Å². The van der Waals surface area contributed by atoms with Crippen LogP contribution in [-0.2, 0) is 35.6 Å². The standard InChI is InChI=1S/C15H24N2O6S/c1-21-8-7-17-24(19,20)14-5-3-13(4-6-14)11-16-15(18)12-23-10-9-22-2/h3-6,17H,7-12H2,1-2H3,(H,16,18). The number of hydrogen-bond donors (Lipinski definition) is 2. The number of methoxy groups -OCH3 is 2. The molecular formula is C15H24N2O6S. The fraction of sp³-hybridized carbons (Fsp3) is 0.533. The van der Waals surface area contributed by atoms with Gasteiger partial charge in [0.05, 0.1) is 24.7 Å². The van der Waals surface area contributed by atoms with Gasteiger partial charge in [-0.2, -0.15) is 0 Å². The molecule has 0 aliphatic heterocycles. The van der Waals surface area contributed by atoms with Crippen molar-refractivity contribution < 1.29 is 27.4 Å². The Hall–Kier alpha value is -1.52. The molecule has 0 saturated carbocycles. The molecule has 9 heteroatoms. The topological polar surface area (TPSA) is 103 Å². The number of rotatable bonds is 12. The van der Waals surface area contributed by atoms with E-state index in [-0.39, 0.29) is 24.0 Å². The van der Waals surface area contributed by atoms with Gasteiger partial charge in [0.1, 0.15) is 6.61 Å². The average molecular weight is 360 g/mol. The quantitative estimate of drug-likeness (QED) is 0.504. The predicted molar refractivity (Wildman–Crippen MR) is 88.0 cm³/mol. The Morgan fingerprint density at radius 3 is 2.33 bits per heavy atom. The summed E-state index contributed by atoms with van der Waals surface area (Å²) in [5.74, 6) is -0.246. The third kappa shape index (κ3) is 7.84. The van der Waals surface area contributed by atoms with Gasteiger partial charge in [0, 0.05) is 27.3 Å². The average Bonchev–Trinajstić information content (AvgIpc) is 2.57. The zero-order chi connectivity index (χ0) is 17.8. The Bertz CT molecular complexity index is 588. The van der Waals surface area contributed by atoms with E-state index < -0.39 is 10.0 Å². The molecule has 0 saturated heterocycles. The molecule has 2 N–H and O–H groups in total. The predicted octanol–water partition coefficient (Wildman–Crippen LogP) is -0.109. The van der Waals surface area contributed by atoms with Crippen LogP contribution in [0.25, 0.3) is 0 Å². The summed E-state index contributed by atoms with van der Waals surface area (Å²) in [6, 6.07) is 6.28. The van der Waals surface area contributed by atoms with Crippen LogP contribution in [0.5, 0.6) is 0 Å². The van der Waals surface area contributed by atoms with E-state index in [0.29, 0.717) is 26.4 Å². The highest BCUT2D eigenvalue weighted by molar-refractivity contribution is 7.89. The van der Waals surface area contributed by atoms with E-state index in [2.05, 4.69) is 10.0 Å². The van der Waals surface area contributed by atoms with Gasteiger partial charge in [-0.3, -0.25) is 4.79 Å². The number of nitrogens with one attached hydrogen (secondary N) is 2. The van der Waals surface area contributed by atoms with Crippen LogP contribution in [0.3, 0.4) is 0 Å². The van der Waals surface area contributed by atoms with E-state index in [9.17, 15) is 13.2 Å². The van der Waals surface area contributed by atoms with Gasteiger partial charge in [0.2, 0.25) is 15.9 Å². The molecule has 0 aliphatic carbocycles. The fourth-order valence-electron chi connectivity index (χ4n) is 1.71. The first-order chi connectivity index (χ1) is 11.5. The molecule has 0 fully saturated rings. The third-order valence-electron chi connectivity index (χ3n) is 2.99. The molecule has 0 bridgehead atoms. The van der Waals surface area contributed by atoms with Crippen LogP contribution in [0, 0.1) is 0 Å². The van der Waals surface area contributed by atoms with Gasteiger partial charge in [0.25, 0.3) is 0 Å².